The van der Waals surface area contributed by atoms with E-state index in [0.717, 1.165) is 17.0 Å². The summed E-state index contributed by atoms with van der Waals surface area (Å²) >= 11 is 0. The number of hydrogen-bond donors (Lipinski definition) is 2. The molecular formula is C12H15N3O. The van der Waals surface area contributed by atoms with Gasteiger partial charge in [-0.3, -0.25) is 4.68 Å². The summed E-state index contributed by atoms with van der Waals surface area (Å²) in [6.07, 6.45) is 0. The lowest BCUT2D eigenvalue weighted by Gasteiger charge is -2.01. The number of aryl methyl sites for hydroxylation is 1. The molecule has 0 saturated heterocycles. The van der Waals surface area contributed by atoms with Crippen LogP contribution < -0.4 is 5.73 Å². The zero-order chi connectivity index (χ0) is 11.7. The number of hydrogen-bond acceptors (Lipinski definition) is 3. The molecule has 0 aliphatic heterocycles. The largest absolute Gasteiger partial charge is 0.508 e. The molecule has 0 amide bonds. The van der Waals surface area contributed by atoms with Gasteiger partial charge in [-0.1, -0.05) is 12.1 Å². The molecule has 0 spiro atoms. The second-order valence-corrected chi connectivity index (χ2v) is 3.92. The number of aromatic hydroxyl groups is 1. The van der Waals surface area contributed by atoms with Gasteiger partial charge in [0.1, 0.15) is 5.75 Å². The highest BCUT2D eigenvalue weighted by Gasteiger charge is 2.10. The zero-order valence-corrected chi connectivity index (χ0v) is 9.38. The molecule has 1 aromatic carbocycles. The highest BCUT2D eigenvalue weighted by Crippen LogP contribution is 2.24. The number of nitrogens with two attached hydrogens (primary N) is 1. The molecule has 0 aliphatic rings. The maximum atomic E-state index is 9.43. The van der Waals surface area contributed by atoms with Crippen LogP contribution >= 0.6 is 0 Å². The maximum absolute atomic E-state index is 9.43. The maximum Gasteiger partial charge on any atom is 0.116 e. The molecule has 4 heteroatoms. The smallest absolute Gasteiger partial charge is 0.116 e. The molecule has 0 saturated carbocycles. The normalized spacial score (nSPS) is 12.7. The van der Waals surface area contributed by atoms with Crippen LogP contribution in [0.3, 0.4) is 0 Å². The minimum atomic E-state index is -0.0859. The Morgan fingerprint density at radius 1 is 1.38 bits per heavy atom. The minimum absolute atomic E-state index is 0.0859. The summed E-state index contributed by atoms with van der Waals surface area (Å²) in [7, 11) is 1.87. The number of aromatic nitrogens is 2. The average Bonchev–Trinajstić information content (AvgIpc) is 2.60. The van der Waals surface area contributed by atoms with Crippen LogP contribution in [0.2, 0.25) is 0 Å². The molecule has 0 bridgehead atoms. The van der Waals surface area contributed by atoms with E-state index < -0.39 is 0 Å². The van der Waals surface area contributed by atoms with Crippen molar-refractivity contribution < 1.29 is 5.11 Å². The fraction of sp³-hybridized carbons (Fsp3) is 0.250. The fourth-order valence-corrected chi connectivity index (χ4v) is 1.65. The SMILES string of the molecule is CC(N)c1cc(-c2cccc(O)c2)n(C)n1. The molecule has 0 fully saturated rings. The number of nitrogens with zero attached hydrogens (tertiary/aromatic N) is 2. The van der Waals surface area contributed by atoms with Crippen LogP contribution in [0.4, 0.5) is 0 Å². The lowest BCUT2D eigenvalue weighted by Crippen LogP contribution is -2.06. The van der Waals surface area contributed by atoms with E-state index in [1.54, 1.807) is 16.8 Å². The van der Waals surface area contributed by atoms with Gasteiger partial charge in [0, 0.05) is 18.7 Å². The van der Waals surface area contributed by atoms with Crippen molar-refractivity contribution in [1.29, 1.82) is 0 Å². The first-order valence-electron chi connectivity index (χ1n) is 5.17. The Balaban J connectivity index is 2.48. The van der Waals surface area contributed by atoms with Gasteiger partial charge in [0.05, 0.1) is 11.4 Å². The van der Waals surface area contributed by atoms with Crippen LogP contribution in [0.5, 0.6) is 5.75 Å². The highest BCUT2D eigenvalue weighted by atomic mass is 16.3. The summed E-state index contributed by atoms with van der Waals surface area (Å²) in [4.78, 5) is 0. The third kappa shape index (κ3) is 1.92. The van der Waals surface area contributed by atoms with Gasteiger partial charge in [0.2, 0.25) is 0 Å². The van der Waals surface area contributed by atoms with E-state index in [-0.39, 0.29) is 11.8 Å². The Hall–Kier alpha value is -1.81. The molecular weight excluding hydrogens is 202 g/mol. The third-order valence-electron chi connectivity index (χ3n) is 2.51. The van der Waals surface area contributed by atoms with Gasteiger partial charge < -0.3 is 10.8 Å². The number of phenolic OH excluding ortho intramolecular Hbond substituents is 1. The summed E-state index contributed by atoms with van der Waals surface area (Å²) in [6.45, 7) is 1.90. The molecule has 1 atom stereocenters. The number of rotatable bonds is 2. The van der Waals surface area contributed by atoms with E-state index in [1.165, 1.54) is 0 Å². The number of benzene rings is 1. The van der Waals surface area contributed by atoms with Crippen LogP contribution in [-0.4, -0.2) is 14.9 Å². The van der Waals surface area contributed by atoms with Gasteiger partial charge in [-0.15, -0.1) is 0 Å². The fourth-order valence-electron chi connectivity index (χ4n) is 1.65. The molecule has 84 valence electrons. The molecule has 16 heavy (non-hydrogen) atoms. The monoisotopic (exact) mass is 217 g/mol. The van der Waals surface area contributed by atoms with Gasteiger partial charge in [-0.05, 0) is 25.1 Å². The van der Waals surface area contributed by atoms with E-state index in [1.807, 2.05) is 32.2 Å². The first-order valence-corrected chi connectivity index (χ1v) is 5.17. The standard InChI is InChI=1S/C12H15N3O/c1-8(13)11-7-12(15(2)14-11)9-4-3-5-10(16)6-9/h3-8,16H,13H2,1-2H3. The predicted octanol–water partition coefficient (Wildman–Crippen LogP) is 1.81. The van der Waals surface area contributed by atoms with Crippen LogP contribution in [-0.2, 0) is 7.05 Å². The van der Waals surface area contributed by atoms with Crippen LogP contribution in [0.25, 0.3) is 11.3 Å². The molecule has 0 radical (unpaired) electrons. The van der Waals surface area contributed by atoms with E-state index >= 15 is 0 Å². The molecule has 2 rings (SSSR count). The van der Waals surface area contributed by atoms with Crippen LogP contribution in [0.15, 0.2) is 30.3 Å². The lowest BCUT2D eigenvalue weighted by atomic mass is 10.1. The molecule has 1 heterocycles. The molecule has 3 N–H and O–H groups in total. The van der Waals surface area contributed by atoms with Gasteiger partial charge in [-0.25, -0.2) is 0 Å². The summed E-state index contributed by atoms with van der Waals surface area (Å²) in [5, 5.41) is 13.8. The Labute approximate surface area is 94.3 Å². The van der Waals surface area contributed by atoms with Crippen LogP contribution in [0.1, 0.15) is 18.7 Å². The first kappa shape index (κ1) is 10.7. The van der Waals surface area contributed by atoms with Crippen molar-refractivity contribution in [2.75, 3.05) is 0 Å². The topological polar surface area (TPSA) is 64.1 Å². The average molecular weight is 217 g/mol. The van der Waals surface area contributed by atoms with Gasteiger partial charge in [-0.2, -0.15) is 5.10 Å². The molecule has 2 aromatic rings. The van der Waals surface area contributed by atoms with Gasteiger partial charge in [0.25, 0.3) is 0 Å². The first-order chi connectivity index (χ1) is 7.58. The second kappa shape index (κ2) is 3.98. The van der Waals surface area contributed by atoms with E-state index in [4.69, 9.17) is 5.73 Å². The Bertz CT molecular complexity index is 503. The Kier molecular flexibility index (Phi) is 2.66. The van der Waals surface area contributed by atoms with Crippen molar-refractivity contribution in [1.82, 2.24) is 9.78 Å². The molecule has 1 aromatic heterocycles. The van der Waals surface area contributed by atoms with Crippen molar-refractivity contribution in [2.24, 2.45) is 12.8 Å². The third-order valence-corrected chi connectivity index (χ3v) is 2.51. The van der Waals surface area contributed by atoms with Crippen LogP contribution in [0, 0.1) is 0 Å². The molecule has 4 nitrogen and oxygen atoms in total. The van der Waals surface area contributed by atoms with Crippen molar-refractivity contribution in [2.45, 2.75) is 13.0 Å². The summed E-state index contributed by atoms with van der Waals surface area (Å²) in [5.41, 5.74) is 8.51. The van der Waals surface area contributed by atoms with E-state index in [9.17, 15) is 5.11 Å². The highest BCUT2D eigenvalue weighted by molar-refractivity contribution is 5.62. The van der Waals surface area contributed by atoms with E-state index in [2.05, 4.69) is 5.10 Å². The zero-order valence-electron chi connectivity index (χ0n) is 9.38. The summed E-state index contributed by atoms with van der Waals surface area (Å²) < 4.78 is 1.77. The molecule has 0 aliphatic carbocycles. The second-order valence-electron chi connectivity index (χ2n) is 3.92. The van der Waals surface area contributed by atoms with Crippen molar-refractivity contribution >= 4 is 0 Å². The Morgan fingerprint density at radius 3 is 2.69 bits per heavy atom. The van der Waals surface area contributed by atoms with E-state index in [0.29, 0.717) is 0 Å². The summed E-state index contributed by atoms with van der Waals surface area (Å²) in [6, 6.07) is 8.95. The van der Waals surface area contributed by atoms with Gasteiger partial charge >= 0.3 is 0 Å². The van der Waals surface area contributed by atoms with Crippen molar-refractivity contribution in [3.05, 3.63) is 36.0 Å². The van der Waals surface area contributed by atoms with Crippen molar-refractivity contribution in [3.63, 3.8) is 0 Å². The quantitative estimate of drug-likeness (QED) is 0.806. The lowest BCUT2D eigenvalue weighted by molar-refractivity contribution is 0.475. The van der Waals surface area contributed by atoms with Gasteiger partial charge in [0.15, 0.2) is 0 Å². The van der Waals surface area contributed by atoms with Crippen molar-refractivity contribution in [3.8, 4) is 17.0 Å². The number of phenols is 1. The summed E-state index contributed by atoms with van der Waals surface area (Å²) in [5.74, 6) is 0.251. The predicted molar refractivity (Wildman–Crippen MR) is 62.9 cm³/mol. The Morgan fingerprint density at radius 2 is 2.12 bits per heavy atom. The molecule has 1 unspecified atom stereocenters. The minimum Gasteiger partial charge on any atom is -0.508 e.